The maximum absolute atomic E-state index is 12.1. The monoisotopic (exact) mass is 297 g/mol. The second kappa shape index (κ2) is 6.21. The Kier molecular flexibility index (Phi) is 4.59. The average molecular weight is 297 g/mol. The third kappa shape index (κ3) is 3.47. The Morgan fingerprint density at radius 1 is 1.45 bits per heavy atom. The molecule has 7 heteroatoms. The van der Waals surface area contributed by atoms with E-state index in [4.69, 9.17) is 5.11 Å². The van der Waals surface area contributed by atoms with Crippen molar-refractivity contribution in [2.45, 2.75) is 32.6 Å². The molecule has 0 saturated carbocycles. The molecule has 0 aromatic carbocycles. The van der Waals surface area contributed by atoms with Gasteiger partial charge in [0.05, 0.1) is 11.6 Å². The van der Waals surface area contributed by atoms with E-state index in [0.717, 1.165) is 5.69 Å². The lowest BCUT2D eigenvalue weighted by Crippen LogP contribution is -2.42. The highest BCUT2D eigenvalue weighted by Crippen LogP contribution is 2.23. The summed E-state index contributed by atoms with van der Waals surface area (Å²) in [6.07, 6.45) is 1.02. The molecule has 2 N–H and O–H groups in total. The van der Waals surface area contributed by atoms with Crippen LogP contribution < -0.4 is 5.32 Å². The van der Waals surface area contributed by atoms with E-state index in [1.54, 1.807) is 4.90 Å². The van der Waals surface area contributed by atoms with Crippen LogP contribution in [0.15, 0.2) is 5.38 Å². The van der Waals surface area contributed by atoms with Crippen molar-refractivity contribution in [3.8, 4) is 0 Å². The molecule has 0 bridgehead atoms. The van der Waals surface area contributed by atoms with Crippen LogP contribution in [0.4, 0.5) is 9.93 Å². The first-order valence-electron chi connectivity index (χ1n) is 6.71. The molecule has 20 heavy (non-hydrogen) atoms. The topological polar surface area (TPSA) is 82.5 Å². The van der Waals surface area contributed by atoms with Crippen LogP contribution in [0.5, 0.6) is 0 Å². The number of aliphatic carboxylic acids is 1. The predicted octanol–water partition coefficient (Wildman–Crippen LogP) is 2.60. The minimum atomic E-state index is -0.772. The molecular weight excluding hydrogens is 278 g/mol. The molecule has 1 fully saturated rings. The molecule has 0 spiro atoms. The number of rotatable bonds is 3. The van der Waals surface area contributed by atoms with Crippen molar-refractivity contribution in [1.82, 2.24) is 9.88 Å². The van der Waals surface area contributed by atoms with Gasteiger partial charge in [0, 0.05) is 18.5 Å². The number of nitrogens with one attached hydrogen (secondary N) is 1. The number of aromatic nitrogens is 1. The van der Waals surface area contributed by atoms with Crippen molar-refractivity contribution in [3.05, 3.63) is 11.1 Å². The van der Waals surface area contributed by atoms with E-state index in [1.807, 2.05) is 5.38 Å². The summed E-state index contributed by atoms with van der Waals surface area (Å²) in [6.45, 7) is 5.06. The van der Waals surface area contributed by atoms with Crippen LogP contribution in [-0.4, -0.2) is 40.1 Å². The Balaban J connectivity index is 1.87. The van der Waals surface area contributed by atoms with Gasteiger partial charge < -0.3 is 10.0 Å². The zero-order chi connectivity index (χ0) is 14.7. The van der Waals surface area contributed by atoms with Crippen LogP contribution in [0.2, 0.25) is 0 Å². The van der Waals surface area contributed by atoms with Crippen molar-refractivity contribution in [1.29, 1.82) is 0 Å². The Hall–Kier alpha value is -1.63. The Morgan fingerprint density at radius 2 is 2.10 bits per heavy atom. The normalized spacial score (nSPS) is 16.4. The van der Waals surface area contributed by atoms with E-state index < -0.39 is 5.97 Å². The van der Waals surface area contributed by atoms with Gasteiger partial charge in [0.2, 0.25) is 0 Å². The maximum atomic E-state index is 12.1. The van der Waals surface area contributed by atoms with Gasteiger partial charge in [-0.3, -0.25) is 10.1 Å². The predicted molar refractivity (Wildman–Crippen MR) is 77.2 cm³/mol. The van der Waals surface area contributed by atoms with E-state index in [0.29, 0.717) is 37.0 Å². The Morgan fingerprint density at radius 3 is 2.60 bits per heavy atom. The van der Waals surface area contributed by atoms with Crippen molar-refractivity contribution in [2.75, 3.05) is 18.4 Å². The molecule has 1 aliphatic heterocycles. The maximum Gasteiger partial charge on any atom is 0.323 e. The van der Waals surface area contributed by atoms with Crippen LogP contribution in [0.3, 0.4) is 0 Å². The number of carboxylic acids is 1. The molecule has 2 heterocycles. The van der Waals surface area contributed by atoms with E-state index in [1.165, 1.54) is 11.3 Å². The third-order valence-electron chi connectivity index (χ3n) is 3.46. The number of amides is 2. The highest BCUT2D eigenvalue weighted by Gasteiger charge is 2.27. The molecule has 0 aliphatic carbocycles. The second-order valence-electron chi connectivity index (χ2n) is 5.26. The molecule has 2 amide bonds. The van der Waals surface area contributed by atoms with E-state index in [9.17, 15) is 9.59 Å². The number of carbonyl (C=O) groups is 2. The largest absolute Gasteiger partial charge is 0.481 e. The smallest absolute Gasteiger partial charge is 0.323 e. The number of piperidine rings is 1. The molecule has 0 radical (unpaired) electrons. The third-order valence-corrected chi connectivity index (χ3v) is 4.23. The van der Waals surface area contributed by atoms with E-state index in [-0.39, 0.29) is 11.9 Å². The van der Waals surface area contributed by atoms with Crippen molar-refractivity contribution < 1.29 is 14.7 Å². The van der Waals surface area contributed by atoms with Crippen molar-refractivity contribution in [3.63, 3.8) is 0 Å². The van der Waals surface area contributed by atoms with Crippen LogP contribution in [0.1, 0.15) is 38.3 Å². The summed E-state index contributed by atoms with van der Waals surface area (Å²) in [4.78, 5) is 28.9. The lowest BCUT2D eigenvalue weighted by molar-refractivity contribution is -0.143. The first-order chi connectivity index (χ1) is 9.47. The molecule has 1 aromatic rings. The number of carboxylic acid groups (broad SMARTS) is 1. The van der Waals surface area contributed by atoms with Gasteiger partial charge in [-0.2, -0.15) is 0 Å². The minimum absolute atomic E-state index is 0.196. The Labute approximate surface area is 121 Å². The fourth-order valence-corrected chi connectivity index (χ4v) is 2.97. The van der Waals surface area contributed by atoms with Crippen LogP contribution in [0.25, 0.3) is 0 Å². The quantitative estimate of drug-likeness (QED) is 0.898. The lowest BCUT2D eigenvalue weighted by Gasteiger charge is -2.29. The molecule has 1 aliphatic rings. The van der Waals surface area contributed by atoms with E-state index in [2.05, 4.69) is 24.1 Å². The first kappa shape index (κ1) is 14.8. The SMILES string of the molecule is CC(C)c1csc(NC(=O)N2CCC(C(=O)O)CC2)n1. The highest BCUT2D eigenvalue weighted by molar-refractivity contribution is 7.13. The van der Waals surface area contributed by atoms with E-state index >= 15 is 0 Å². The fourth-order valence-electron chi connectivity index (χ4n) is 2.11. The van der Waals surface area contributed by atoms with Gasteiger partial charge in [0.15, 0.2) is 5.13 Å². The van der Waals surface area contributed by atoms with Crippen molar-refractivity contribution in [2.24, 2.45) is 5.92 Å². The molecule has 1 aromatic heterocycles. The second-order valence-corrected chi connectivity index (χ2v) is 6.12. The van der Waals surface area contributed by atoms with Crippen molar-refractivity contribution >= 4 is 28.5 Å². The number of thiazole rings is 1. The minimum Gasteiger partial charge on any atom is -0.481 e. The fraction of sp³-hybridized carbons (Fsp3) is 0.615. The van der Waals surface area contributed by atoms with Gasteiger partial charge in [-0.1, -0.05) is 13.8 Å². The molecule has 0 unspecified atom stereocenters. The number of urea groups is 1. The molecule has 1 saturated heterocycles. The molecular formula is C13H19N3O3S. The lowest BCUT2D eigenvalue weighted by atomic mass is 9.97. The van der Waals surface area contributed by atoms with Crippen LogP contribution in [-0.2, 0) is 4.79 Å². The van der Waals surface area contributed by atoms with Gasteiger partial charge in [0.25, 0.3) is 0 Å². The zero-order valence-electron chi connectivity index (χ0n) is 11.6. The summed E-state index contributed by atoms with van der Waals surface area (Å²) in [5.41, 5.74) is 0.967. The summed E-state index contributed by atoms with van der Waals surface area (Å²) in [7, 11) is 0. The van der Waals surface area contributed by atoms with Crippen LogP contribution in [0, 0.1) is 5.92 Å². The molecule has 2 rings (SSSR count). The zero-order valence-corrected chi connectivity index (χ0v) is 12.4. The highest BCUT2D eigenvalue weighted by atomic mass is 32.1. The molecule has 0 atom stereocenters. The van der Waals surface area contributed by atoms with Gasteiger partial charge in [-0.15, -0.1) is 11.3 Å². The number of nitrogens with zero attached hydrogens (tertiary/aromatic N) is 2. The number of hydrogen-bond acceptors (Lipinski definition) is 4. The standard InChI is InChI=1S/C13H19N3O3S/c1-8(2)10-7-20-12(14-10)15-13(19)16-5-3-9(4-6-16)11(17)18/h7-9H,3-6H2,1-2H3,(H,17,18)(H,14,15,19). The number of likely N-dealkylation sites (tertiary alicyclic amines) is 1. The molecule has 110 valence electrons. The number of hydrogen-bond donors (Lipinski definition) is 2. The van der Waals surface area contributed by atoms with Gasteiger partial charge >= 0.3 is 12.0 Å². The van der Waals surface area contributed by atoms with Crippen LogP contribution >= 0.6 is 11.3 Å². The first-order valence-corrected chi connectivity index (χ1v) is 7.59. The molecule has 6 nitrogen and oxygen atoms in total. The Bertz CT molecular complexity index is 493. The summed E-state index contributed by atoms with van der Waals surface area (Å²) >= 11 is 1.41. The number of carbonyl (C=O) groups excluding carboxylic acids is 1. The summed E-state index contributed by atoms with van der Waals surface area (Å²) < 4.78 is 0. The summed E-state index contributed by atoms with van der Waals surface area (Å²) in [6, 6.07) is -0.196. The summed E-state index contributed by atoms with van der Waals surface area (Å²) in [5.74, 6) is -0.763. The van der Waals surface area contributed by atoms with Gasteiger partial charge in [-0.25, -0.2) is 9.78 Å². The average Bonchev–Trinajstić information content (AvgIpc) is 2.87. The van der Waals surface area contributed by atoms with Gasteiger partial charge in [-0.05, 0) is 18.8 Å². The summed E-state index contributed by atoms with van der Waals surface area (Å²) in [5, 5.41) is 14.2. The van der Waals surface area contributed by atoms with Gasteiger partial charge in [0.1, 0.15) is 0 Å². The number of anilines is 1.